The summed E-state index contributed by atoms with van der Waals surface area (Å²) in [5.41, 5.74) is 4.68. The van der Waals surface area contributed by atoms with Crippen molar-refractivity contribution >= 4 is 17.5 Å². The van der Waals surface area contributed by atoms with Gasteiger partial charge in [-0.05, 0) is 53.9 Å². The van der Waals surface area contributed by atoms with Crippen LogP contribution in [0.2, 0.25) is 0 Å². The molecule has 2 heterocycles. The monoisotopic (exact) mass is 537 g/mol. The van der Waals surface area contributed by atoms with E-state index in [0.29, 0.717) is 13.2 Å². The minimum atomic E-state index is -0.360. The zero-order chi connectivity index (χ0) is 27.9. The number of amides is 2. The third-order valence-electron chi connectivity index (χ3n) is 7.22. The first kappa shape index (κ1) is 27.2. The number of ether oxygens (including phenoxy) is 2. The van der Waals surface area contributed by atoms with Gasteiger partial charge >= 0.3 is 0 Å². The molecule has 0 radical (unpaired) electrons. The van der Waals surface area contributed by atoms with Gasteiger partial charge in [-0.15, -0.1) is 0 Å². The Hall–Kier alpha value is -4.36. The predicted octanol–water partition coefficient (Wildman–Crippen LogP) is 5.77. The van der Waals surface area contributed by atoms with E-state index in [4.69, 9.17) is 9.47 Å². The number of rotatable bonds is 11. The van der Waals surface area contributed by atoms with Crippen molar-refractivity contribution in [2.75, 3.05) is 31.7 Å². The fourth-order valence-electron chi connectivity index (χ4n) is 5.17. The molecule has 2 amide bonds. The second-order valence-electron chi connectivity index (χ2n) is 9.88. The van der Waals surface area contributed by atoms with Gasteiger partial charge in [-0.3, -0.25) is 14.5 Å². The van der Waals surface area contributed by atoms with Crippen LogP contribution < -0.4 is 9.64 Å². The summed E-state index contributed by atoms with van der Waals surface area (Å²) < 4.78 is 13.2. The van der Waals surface area contributed by atoms with Gasteiger partial charge in [0.05, 0.1) is 30.8 Å². The average molecular weight is 538 g/mol. The Kier molecular flexibility index (Phi) is 8.62. The molecule has 0 saturated heterocycles. The number of aromatic nitrogens is 1. The summed E-state index contributed by atoms with van der Waals surface area (Å²) in [6.45, 7) is 2.81. The standard InChI is InChI=1S/C33H35N3O4/c1-3-4-20-34(32(38)24-40-23-25-11-6-5-7-12-25)22-31(37)36-29-14-9-8-13-28(29)35-21-10-15-30(35)33(36)26-16-18-27(39-2)19-17-26/h5-19,21,33H,3-4,20,22-24H2,1-2H3. The summed E-state index contributed by atoms with van der Waals surface area (Å²) in [7, 11) is 1.64. The van der Waals surface area contributed by atoms with Crippen molar-refractivity contribution < 1.29 is 19.1 Å². The average Bonchev–Trinajstić information content (AvgIpc) is 3.49. The lowest BCUT2D eigenvalue weighted by Gasteiger charge is -2.39. The van der Waals surface area contributed by atoms with E-state index >= 15 is 0 Å². The van der Waals surface area contributed by atoms with Gasteiger partial charge < -0.3 is 18.9 Å². The molecule has 0 fully saturated rings. The van der Waals surface area contributed by atoms with E-state index in [1.54, 1.807) is 12.0 Å². The van der Waals surface area contributed by atoms with E-state index < -0.39 is 0 Å². The SMILES string of the molecule is CCCCN(CC(=O)N1c2ccccc2-n2cccc2C1c1ccc(OC)cc1)C(=O)COCc1ccccc1. The molecule has 206 valence electrons. The van der Waals surface area contributed by atoms with Gasteiger partial charge in [0.15, 0.2) is 0 Å². The van der Waals surface area contributed by atoms with Crippen molar-refractivity contribution in [1.29, 1.82) is 0 Å². The van der Waals surface area contributed by atoms with Crippen molar-refractivity contribution in [3.63, 3.8) is 0 Å². The van der Waals surface area contributed by atoms with Crippen LogP contribution in [0.3, 0.4) is 0 Å². The Bertz CT molecular complexity index is 1430. The lowest BCUT2D eigenvalue weighted by molar-refractivity contribution is -0.139. The Balaban J connectivity index is 1.42. The number of unbranched alkanes of at least 4 members (excludes halogenated alkanes) is 1. The minimum Gasteiger partial charge on any atom is -0.497 e. The first-order valence-electron chi connectivity index (χ1n) is 13.7. The van der Waals surface area contributed by atoms with Crippen molar-refractivity contribution in [2.24, 2.45) is 0 Å². The lowest BCUT2D eigenvalue weighted by Crippen LogP contribution is -2.47. The molecule has 1 atom stereocenters. The van der Waals surface area contributed by atoms with Crippen LogP contribution in [-0.2, 0) is 20.9 Å². The molecular formula is C33H35N3O4. The van der Waals surface area contributed by atoms with E-state index in [-0.39, 0.29) is 31.0 Å². The van der Waals surface area contributed by atoms with Gasteiger partial charge in [-0.1, -0.05) is 67.9 Å². The van der Waals surface area contributed by atoms with E-state index in [2.05, 4.69) is 11.5 Å². The highest BCUT2D eigenvalue weighted by Gasteiger charge is 2.37. The van der Waals surface area contributed by atoms with Crippen molar-refractivity contribution in [1.82, 2.24) is 9.47 Å². The maximum Gasteiger partial charge on any atom is 0.249 e. The highest BCUT2D eigenvalue weighted by molar-refractivity contribution is 6.00. The van der Waals surface area contributed by atoms with Crippen LogP contribution in [-0.4, -0.2) is 48.1 Å². The smallest absolute Gasteiger partial charge is 0.249 e. The number of para-hydroxylation sites is 2. The van der Waals surface area contributed by atoms with Crippen molar-refractivity contribution in [2.45, 2.75) is 32.4 Å². The number of carbonyl (C=O) groups is 2. The van der Waals surface area contributed by atoms with Crippen molar-refractivity contribution in [3.8, 4) is 11.4 Å². The number of hydrogen-bond donors (Lipinski definition) is 0. The third-order valence-corrected chi connectivity index (χ3v) is 7.22. The highest BCUT2D eigenvalue weighted by atomic mass is 16.5. The molecule has 7 heteroatoms. The maximum atomic E-state index is 14.2. The number of anilines is 1. The molecule has 1 aliphatic heterocycles. The molecule has 1 unspecified atom stereocenters. The quantitative estimate of drug-likeness (QED) is 0.244. The second-order valence-corrected chi connectivity index (χ2v) is 9.88. The van der Waals surface area contributed by atoms with Gasteiger partial charge in [0.1, 0.15) is 24.9 Å². The number of benzene rings is 3. The Morgan fingerprint density at radius 3 is 2.33 bits per heavy atom. The first-order chi connectivity index (χ1) is 19.6. The molecule has 0 N–H and O–H groups in total. The van der Waals surface area contributed by atoms with Gasteiger partial charge in [0.2, 0.25) is 11.8 Å². The Labute approximate surface area is 235 Å². The zero-order valence-corrected chi connectivity index (χ0v) is 23.0. The topological polar surface area (TPSA) is 64.0 Å². The number of nitrogens with zero attached hydrogens (tertiary/aromatic N) is 3. The summed E-state index contributed by atoms with van der Waals surface area (Å²) in [4.78, 5) is 31.0. The third kappa shape index (κ3) is 5.80. The second kappa shape index (κ2) is 12.7. The summed E-state index contributed by atoms with van der Waals surface area (Å²) >= 11 is 0. The first-order valence-corrected chi connectivity index (χ1v) is 13.7. The van der Waals surface area contributed by atoms with Crippen LogP contribution in [0.5, 0.6) is 5.75 Å². The molecule has 40 heavy (non-hydrogen) atoms. The van der Waals surface area contributed by atoms with Crippen LogP contribution in [0.15, 0.2) is 97.2 Å². The van der Waals surface area contributed by atoms with E-state index in [1.165, 1.54) is 0 Å². The zero-order valence-electron chi connectivity index (χ0n) is 23.0. The van der Waals surface area contributed by atoms with Crippen molar-refractivity contribution in [3.05, 3.63) is 114 Å². The Morgan fingerprint density at radius 1 is 0.875 bits per heavy atom. The van der Waals surface area contributed by atoms with Gasteiger partial charge in [0, 0.05) is 12.7 Å². The predicted molar refractivity (Wildman–Crippen MR) is 156 cm³/mol. The number of hydrogen-bond acceptors (Lipinski definition) is 4. The molecule has 0 bridgehead atoms. The minimum absolute atomic E-state index is 0.0325. The van der Waals surface area contributed by atoms with Crippen LogP contribution in [0.4, 0.5) is 5.69 Å². The van der Waals surface area contributed by atoms with Gasteiger partial charge in [-0.2, -0.15) is 0 Å². The van der Waals surface area contributed by atoms with Gasteiger partial charge in [-0.25, -0.2) is 0 Å². The molecule has 5 rings (SSSR count). The molecular weight excluding hydrogens is 502 g/mol. The summed E-state index contributed by atoms with van der Waals surface area (Å²) in [5, 5.41) is 0. The lowest BCUT2D eigenvalue weighted by atomic mass is 9.97. The van der Waals surface area contributed by atoms with Crippen LogP contribution in [0.1, 0.15) is 42.6 Å². The highest BCUT2D eigenvalue weighted by Crippen LogP contribution is 2.42. The van der Waals surface area contributed by atoms with E-state index in [0.717, 1.165) is 46.8 Å². The molecule has 0 spiro atoms. The summed E-state index contributed by atoms with van der Waals surface area (Å²) in [6, 6.07) is 29.1. The fourth-order valence-corrected chi connectivity index (χ4v) is 5.17. The Morgan fingerprint density at radius 2 is 1.60 bits per heavy atom. The largest absolute Gasteiger partial charge is 0.497 e. The van der Waals surface area contributed by atoms with Gasteiger partial charge in [0.25, 0.3) is 0 Å². The molecule has 7 nitrogen and oxygen atoms in total. The van der Waals surface area contributed by atoms with E-state index in [9.17, 15) is 9.59 Å². The van der Waals surface area contributed by atoms with Crippen LogP contribution in [0.25, 0.3) is 5.69 Å². The summed E-state index contributed by atoms with van der Waals surface area (Å²) in [6.07, 6.45) is 3.74. The normalized spacial score (nSPS) is 13.8. The number of carbonyl (C=O) groups excluding carboxylic acids is 2. The van der Waals surface area contributed by atoms with E-state index in [1.807, 2.05) is 102 Å². The maximum absolute atomic E-state index is 14.2. The molecule has 3 aromatic carbocycles. The molecule has 1 aromatic heterocycles. The van der Waals surface area contributed by atoms with Crippen LogP contribution >= 0.6 is 0 Å². The van der Waals surface area contributed by atoms with Crippen LogP contribution in [0, 0.1) is 0 Å². The molecule has 4 aromatic rings. The fraction of sp³-hybridized carbons (Fsp3) is 0.273. The number of methoxy groups -OCH3 is 1. The molecule has 0 aliphatic carbocycles. The number of fused-ring (bicyclic) bond motifs is 3. The molecule has 0 saturated carbocycles. The molecule has 1 aliphatic rings. The summed E-state index contributed by atoms with van der Waals surface area (Å²) in [5.74, 6) is 0.417.